The van der Waals surface area contributed by atoms with Gasteiger partial charge in [0.05, 0.1) is 15.8 Å². The van der Waals surface area contributed by atoms with E-state index in [-0.39, 0.29) is 0 Å². The third kappa shape index (κ3) is 3.78. The van der Waals surface area contributed by atoms with Crippen LogP contribution in [0, 0.1) is 6.92 Å². The first kappa shape index (κ1) is 18.2. The van der Waals surface area contributed by atoms with Gasteiger partial charge in [0, 0.05) is 19.3 Å². The van der Waals surface area contributed by atoms with E-state index in [1.165, 1.54) is 0 Å². The number of nitrogens with zero attached hydrogens (tertiary/aromatic N) is 2. The van der Waals surface area contributed by atoms with E-state index >= 15 is 0 Å². The number of thiophene rings is 1. The minimum absolute atomic E-state index is 0.448. The van der Waals surface area contributed by atoms with Crippen LogP contribution in [-0.4, -0.2) is 36.7 Å². The number of nitrogens with one attached hydrogen (secondary N) is 1. The van der Waals surface area contributed by atoms with Gasteiger partial charge in [-0.25, -0.2) is 13.1 Å². The summed E-state index contributed by atoms with van der Waals surface area (Å²) in [5.41, 5.74) is 2.62. The van der Waals surface area contributed by atoms with E-state index in [2.05, 4.69) is 9.82 Å². The van der Waals surface area contributed by atoms with Crippen molar-refractivity contribution in [2.45, 2.75) is 25.0 Å². The molecule has 1 aliphatic rings. The second-order valence-corrected chi connectivity index (χ2v) is 9.46. The highest BCUT2D eigenvalue weighted by atomic mass is 32.2. The molecule has 0 atom stereocenters. The Morgan fingerprint density at radius 3 is 2.67 bits per heavy atom. The van der Waals surface area contributed by atoms with Crippen LogP contribution >= 0.6 is 11.3 Å². The molecule has 0 radical (unpaired) electrons. The second kappa shape index (κ2) is 7.46. The van der Waals surface area contributed by atoms with Crippen molar-refractivity contribution >= 4 is 27.2 Å². The molecule has 1 N–H and O–H groups in total. The van der Waals surface area contributed by atoms with Crippen LogP contribution < -0.4 is 4.72 Å². The number of rotatable bonds is 5. The van der Waals surface area contributed by atoms with Gasteiger partial charge in [0.15, 0.2) is 0 Å². The molecule has 0 aliphatic carbocycles. The fourth-order valence-electron chi connectivity index (χ4n) is 3.20. The lowest BCUT2D eigenvalue weighted by atomic mass is 10.2. The van der Waals surface area contributed by atoms with Gasteiger partial charge in [-0.05, 0) is 42.8 Å². The zero-order valence-corrected chi connectivity index (χ0v) is 16.6. The SMILES string of the molecule is Cc1ccccc1-n1nc(-c2cccs2)cc1NS(=O)(=O)C1CCOCC1. The monoisotopic (exact) mass is 403 g/mol. The molecule has 0 spiro atoms. The maximum absolute atomic E-state index is 12.9. The molecular formula is C19H21N3O3S2. The van der Waals surface area contributed by atoms with Crippen molar-refractivity contribution in [2.75, 3.05) is 17.9 Å². The number of anilines is 1. The van der Waals surface area contributed by atoms with E-state index in [9.17, 15) is 8.42 Å². The molecule has 1 saturated heterocycles. The van der Waals surface area contributed by atoms with Crippen LogP contribution in [0.3, 0.4) is 0 Å². The Hall–Kier alpha value is -2.16. The molecule has 3 heterocycles. The molecule has 2 aromatic heterocycles. The van der Waals surface area contributed by atoms with Crippen molar-refractivity contribution in [3.8, 4) is 16.3 Å². The van der Waals surface area contributed by atoms with Crippen molar-refractivity contribution in [3.05, 3.63) is 53.4 Å². The number of ether oxygens (including phenoxy) is 1. The molecule has 6 nitrogen and oxygen atoms in total. The molecule has 27 heavy (non-hydrogen) atoms. The number of hydrogen-bond acceptors (Lipinski definition) is 5. The van der Waals surface area contributed by atoms with Gasteiger partial charge in [0.2, 0.25) is 10.0 Å². The minimum Gasteiger partial charge on any atom is -0.381 e. The van der Waals surface area contributed by atoms with Gasteiger partial charge in [-0.1, -0.05) is 24.3 Å². The molecule has 1 aliphatic heterocycles. The fourth-order valence-corrected chi connectivity index (χ4v) is 5.30. The van der Waals surface area contributed by atoms with Crippen molar-refractivity contribution < 1.29 is 13.2 Å². The van der Waals surface area contributed by atoms with Crippen molar-refractivity contribution in [1.82, 2.24) is 9.78 Å². The maximum atomic E-state index is 12.9. The first-order valence-corrected chi connectivity index (χ1v) is 11.3. The summed E-state index contributed by atoms with van der Waals surface area (Å²) in [7, 11) is -3.52. The molecule has 3 aromatic rings. The molecule has 4 rings (SSSR count). The van der Waals surface area contributed by atoms with E-state index in [0.717, 1.165) is 21.8 Å². The van der Waals surface area contributed by atoms with Crippen molar-refractivity contribution in [1.29, 1.82) is 0 Å². The summed E-state index contributed by atoms with van der Waals surface area (Å²) < 4.78 is 35.6. The van der Waals surface area contributed by atoms with E-state index in [1.807, 2.05) is 48.7 Å². The molecule has 0 bridgehead atoms. The summed E-state index contributed by atoms with van der Waals surface area (Å²) in [6.45, 7) is 2.94. The number of benzene rings is 1. The Morgan fingerprint density at radius 2 is 1.96 bits per heavy atom. The van der Waals surface area contributed by atoms with Crippen molar-refractivity contribution in [3.63, 3.8) is 0 Å². The Kier molecular flexibility index (Phi) is 5.03. The first-order valence-electron chi connectivity index (χ1n) is 8.84. The van der Waals surface area contributed by atoms with Gasteiger partial charge in [0.1, 0.15) is 11.5 Å². The molecule has 0 unspecified atom stereocenters. The number of aromatic nitrogens is 2. The van der Waals surface area contributed by atoms with Gasteiger partial charge in [-0.15, -0.1) is 11.3 Å². The van der Waals surface area contributed by atoms with E-state index in [0.29, 0.717) is 31.9 Å². The van der Waals surface area contributed by atoms with Crippen molar-refractivity contribution in [2.24, 2.45) is 0 Å². The lowest BCUT2D eigenvalue weighted by molar-refractivity contribution is 0.0984. The molecular weight excluding hydrogens is 382 g/mol. The van der Waals surface area contributed by atoms with Crippen LogP contribution in [0.5, 0.6) is 0 Å². The number of aryl methyl sites for hydroxylation is 1. The Labute approximate surface area is 162 Å². The summed E-state index contributed by atoms with van der Waals surface area (Å²) in [5, 5.41) is 6.22. The van der Waals surface area contributed by atoms with Crippen LogP contribution in [0.1, 0.15) is 18.4 Å². The second-order valence-electron chi connectivity index (χ2n) is 6.55. The van der Waals surface area contributed by atoms with Gasteiger partial charge in [-0.3, -0.25) is 4.72 Å². The van der Waals surface area contributed by atoms with Crippen LogP contribution in [0.25, 0.3) is 16.3 Å². The lowest BCUT2D eigenvalue weighted by Gasteiger charge is -2.23. The molecule has 8 heteroatoms. The Balaban J connectivity index is 1.75. The summed E-state index contributed by atoms with van der Waals surface area (Å²) >= 11 is 1.57. The smallest absolute Gasteiger partial charge is 0.236 e. The quantitative estimate of drug-likeness (QED) is 0.703. The highest BCUT2D eigenvalue weighted by Crippen LogP contribution is 2.30. The van der Waals surface area contributed by atoms with Gasteiger partial charge < -0.3 is 4.74 Å². The van der Waals surface area contributed by atoms with E-state index in [4.69, 9.17) is 4.74 Å². The van der Waals surface area contributed by atoms with Gasteiger partial charge in [0.25, 0.3) is 0 Å². The van der Waals surface area contributed by atoms with Crippen LogP contribution in [-0.2, 0) is 14.8 Å². The highest BCUT2D eigenvalue weighted by Gasteiger charge is 2.29. The maximum Gasteiger partial charge on any atom is 0.236 e. The number of hydrogen-bond donors (Lipinski definition) is 1. The third-order valence-corrected chi connectivity index (χ3v) is 7.42. The molecule has 0 amide bonds. The molecule has 0 saturated carbocycles. The van der Waals surface area contributed by atoms with Crippen LogP contribution in [0.15, 0.2) is 47.8 Å². The molecule has 1 fully saturated rings. The summed E-state index contributed by atoms with van der Waals surface area (Å²) in [4.78, 5) is 0.994. The fraction of sp³-hybridized carbons (Fsp3) is 0.316. The topological polar surface area (TPSA) is 73.2 Å². The predicted octanol–water partition coefficient (Wildman–Crippen LogP) is 3.83. The van der Waals surface area contributed by atoms with Gasteiger partial charge in [-0.2, -0.15) is 5.10 Å². The van der Waals surface area contributed by atoms with E-state index < -0.39 is 15.3 Å². The van der Waals surface area contributed by atoms with Gasteiger partial charge >= 0.3 is 0 Å². The number of para-hydroxylation sites is 1. The summed E-state index contributed by atoms with van der Waals surface area (Å²) in [6, 6.07) is 13.5. The average molecular weight is 404 g/mol. The number of sulfonamides is 1. The average Bonchev–Trinajstić information content (AvgIpc) is 3.33. The standard InChI is InChI=1S/C19H21N3O3S2/c1-14-5-2-3-6-17(14)22-19(13-16(20-22)18-7-4-12-26-18)21-27(23,24)15-8-10-25-11-9-15/h2-7,12-13,15,21H,8-11H2,1H3. The van der Waals surface area contributed by atoms with Crippen LogP contribution in [0.2, 0.25) is 0 Å². The Bertz CT molecular complexity index is 1020. The predicted molar refractivity (Wildman–Crippen MR) is 108 cm³/mol. The molecule has 142 valence electrons. The van der Waals surface area contributed by atoms with E-state index in [1.54, 1.807) is 22.1 Å². The summed E-state index contributed by atoms with van der Waals surface area (Å²) in [5.74, 6) is 0.458. The zero-order valence-electron chi connectivity index (χ0n) is 15.0. The van der Waals surface area contributed by atoms with Crippen LogP contribution in [0.4, 0.5) is 5.82 Å². The summed E-state index contributed by atoms with van der Waals surface area (Å²) in [6.07, 6.45) is 1.01. The minimum atomic E-state index is -3.52. The normalized spacial score (nSPS) is 15.7. The lowest BCUT2D eigenvalue weighted by Crippen LogP contribution is -2.33. The molecule has 1 aromatic carbocycles. The highest BCUT2D eigenvalue weighted by molar-refractivity contribution is 7.93. The Morgan fingerprint density at radius 1 is 1.19 bits per heavy atom. The zero-order chi connectivity index (χ0) is 18.9. The largest absolute Gasteiger partial charge is 0.381 e. The third-order valence-electron chi connectivity index (χ3n) is 4.68. The first-order chi connectivity index (χ1) is 13.0.